The maximum Gasteiger partial charge on any atom is 0.249 e. The molecule has 9 nitrogen and oxygen atoms in total. The first-order valence-electron chi connectivity index (χ1n) is 8.49. The number of hydrogen-bond donors (Lipinski definition) is 3. The number of aromatic amines is 1. The highest BCUT2D eigenvalue weighted by Gasteiger charge is 2.10. The van der Waals surface area contributed by atoms with Crippen molar-refractivity contribution in [2.24, 2.45) is 0 Å². The van der Waals surface area contributed by atoms with Crippen LogP contribution in [0.2, 0.25) is 0 Å². The summed E-state index contributed by atoms with van der Waals surface area (Å²) in [5.74, 6) is 1.04. The standard InChI is InChI=1S/C17H19N9/c1-3-11-8-19-26(10-11)25-16-14(4-2)23-24-17(21-16)20-13-5-6-15-12(7-13)9-18-22-15/h5-10H,3-4H2,1-2H3,(H,18,22)(H2,20,21,24,25). The van der Waals surface area contributed by atoms with Gasteiger partial charge in [0.15, 0.2) is 5.82 Å². The van der Waals surface area contributed by atoms with Gasteiger partial charge in [-0.05, 0) is 36.6 Å². The maximum absolute atomic E-state index is 4.56. The molecular weight excluding hydrogens is 330 g/mol. The van der Waals surface area contributed by atoms with Crippen molar-refractivity contribution in [1.29, 1.82) is 0 Å². The third-order valence-electron chi connectivity index (χ3n) is 4.05. The third-order valence-corrected chi connectivity index (χ3v) is 4.05. The number of aryl methyl sites for hydroxylation is 2. The molecule has 0 saturated carbocycles. The topological polar surface area (TPSA) is 109 Å². The van der Waals surface area contributed by atoms with Gasteiger partial charge in [0.05, 0.1) is 24.1 Å². The number of nitrogens with zero attached hydrogens (tertiary/aromatic N) is 6. The van der Waals surface area contributed by atoms with Crippen LogP contribution >= 0.6 is 0 Å². The number of H-pyrrole nitrogens is 1. The van der Waals surface area contributed by atoms with Crippen molar-refractivity contribution in [3.05, 3.63) is 48.0 Å². The SMILES string of the molecule is CCc1cnn(Nc2nc(Nc3ccc4[nH]ncc4c3)nnc2CC)c1. The van der Waals surface area contributed by atoms with E-state index in [1.54, 1.807) is 11.0 Å². The average molecular weight is 349 g/mol. The van der Waals surface area contributed by atoms with Crippen molar-refractivity contribution in [2.45, 2.75) is 26.7 Å². The van der Waals surface area contributed by atoms with E-state index in [9.17, 15) is 0 Å². The highest BCUT2D eigenvalue weighted by atomic mass is 15.6. The molecule has 4 aromatic rings. The molecule has 0 bridgehead atoms. The van der Waals surface area contributed by atoms with Gasteiger partial charge in [-0.25, -0.2) is 0 Å². The Bertz CT molecular complexity index is 1030. The molecule has 3 heterocycles. The molecule has 3 N–H and O–H groups in total. The van der Waals surface area contributed by atoms with Gasteiger partial charge in [0.2, 0.25) is 5.95 Å². The second-order valence-corrected chi connectivity index (χ2v) is 5.84. The van der Waals surface area contributed by atoms with Gasteiger partial charge < -0.3 is 5.32 Å². The van der Waals surface area contributed by atoms with E-state index in [2.05, 4.69) is 48.1 Å². The van der Waals surface area contributed by atoms with Crippen LogP contribution in [0.3, 0.4) is 0 Å². The normalized spacial score (nSPS) is 11.0. The summed E-state index contributed by atoms with van der Waals surface area (Å²) in [6.07, 6.45) is 7.17. The minimum Gasteiger partial charge on any atom is -0.323 e. The van der Waals surface area contributed by atoms with Crippen LogP contribution in [-0.4, -0.2) is 35.3 Å². The van der Waals surface area contributed by atoms with E-state index in [1.807, 2.05) is 37.5 Å². The van der Waals surface area contributed by atoms with Crippen molar-refractivity contribution >= 4 is 28.4 Å². The van der Waals surface area contributed by atoms with Crippen LogP contribution in [0, 0.1) is 0 Å². The lowest BCUT2D eigenvalue weighted by Gasteiger charge is -2.11. The highest BCUT2D eigenvalue weighted by molar-refractivity contribution is 5.82. The third kappa shape index (κ3) is 3.18. The van der Waals surface area contributed by atoms with E-state index in [0.29, 0.717) is 18.2 Å². The summed E-state index contributed by atoms with van der Waals surface area (Å²) in [6, 6.07) is 5.86. The zero-order valence-electron chi connectivity index (χ0n) is 14.6. The van der Waals surface area contributed by atoms with Crippen LogP contribution in [-0.2, 0) is 12.8 Å². The first-order valence-corrected chi connectivity index (χ1v) is 8.49. The number of fused-ring (bicyclic) bond motifs is 1. The molecule has 0 unspecified atom stereocenters. The van der Waals surface area contributed by atoms with Gasteiger partial charge in [-0.2, -0.15) is 20.0 Å². The monoisotopic (exact) mass is 349 g/mol. The van der Waals surface area contributed by atoms with Crippen molar-refractivity contribution in [3.63, 3.8) is 0 Å². The molecule has 0 aliphatic carbocycles. The fourth-order valence-electron chi connectivity index (χ4n) is 2.59. The molecule has 0 aliphatic rings. The molecule has 4 rings (SSSR count). The maximum atomic E-state index is 4.56. The second kappa shape index (κ2) is 6.79. The zero-order chi connectivity index (χ0) is 17.9. The summed E-state index contributed by atoms with van der Waals surface area (Å²) >= 11 is 0. The Balaban J connectivity index is 1.60. The predicted molar refractivity (Wildman–Crippen MR) is 99.2 cm³/mol. The Morgan fingerprint density at radius 1 is 1.12 bits per heavy atom. The summed E-state index contributed by atoms with van der Waals surface area (Å²) in [4.78, 5) is 6.20. The van der Waals surface area contributed by atoms with E-state index in [1.165, 1.54) is 0 Å². The minimum absolute atomic E-state index is 0.412. The minimum atomic E-state index is 0.412. The first kappa shape index (κ1) is 16.0. The molecule has 0 radical (unpaired) electrons. The summed E-state index contributed by atoms with van der Waals surface area (Å²) in [5.41, 5.74) is 6.92. The Kier molecular flexibility index (Phi) is 4.18. The number of aromatic nitrogens is 7. The van der Waals surface area contributed by atoms with Gasteiger partial charge >= 0.3 is 0 Å². The Labute approximate surface area is 149 Å². The van der Waals surface area contributed by atoms with E-state index in [4.69, 9.17) is 0 Å². The molecule has 132 valence electrons. The van der Waals surface area contributed by atoms with E-state index in [-0.39, 0.29) is 0 Å². The number of nitrogens with one attached hydrogen (secondary N) is 3. The first-order chi connectivity index (χ1) is 12.7. The second-order valence-electron chi connectivity index (χ2n) is 5.84. The summed E-state index contributed by atoms with van der Waals surface area (Å²) in [6.45, 7) is 4.10. The quantitative estimate of drug-likeness (QED) is 0.491. The number of rotatable bonds is 6. The largest absolute Gasteiger partial charge is 0.323 e. The summed E-state index contributed by atoms with van der Waals surface area (Å²) in [5, 5.41) is 23.9. The molecule has 0 aliphatic heterocycles. The fraction of sp³-hybridized carbons (Fsp3) is 0.235. The van der Waals surface area contributed by atoms with Gasteiger partial charge in [0.25, 0.3) is 0 Å². The Hall–Kier alpha value is -3.49. The van der Waals surface area contributed by atoms with Gasteiger partial charge in [0.1, 0.15) is 5.69 Å². The molecule has 1 aromatic carbocycles. The zero-order valence-corrected chi connectivity index (χ0v) is 14.6. The highest BCUT2D eigenvalue weighted by Crippen LogP contribution is 2.20. The lowest BCUT2D eigenvalue weighted by Crippen LogP contribution is -2.15. The van der Waals surface area contributed by atoms with Crippen LogP contribution in [0.15, 0.2) is 36.8 Å². The molecule has 0 saturated heterocycles. The summed E-state index contributed by atoms with van der Waals surface area (Å²) < 4.78 is 0. The predicted octanol–water partition coefficient (Wildman–Crippen LogP) is 2.69. The van der Waals surface area contributed by atoms with Gasteiger partial charge in [-0.3, -0.25) is 10.5 Å². The molecule has 3 aromatic heterocycles. The van der Waals surface area contributed by atoms with Crippen molar-refractivity contribution in [3.8, 4) is 0 Å². The molecule has 9 heteroatoms. The lowest BCUT2D eigenvalue weighted by molar-refractivity contribution is 0.776. The number of benzene rings is 1. The van der Waals surface area contributed by atoms with Crippen molar-refractivity contribution < 1.29 is 0 Å². The number of hydrogen-bond acceptors (Lipinski definition) is 7. The van der Waals surface area contributed by atoms with Crippen LogP contribution in [0.4, 0.5) is 17.5 Å². The van der Waals surface area contributed by atoms with Crippen LogP contribution in [0.25, 0.3) is 10.9 Å². The number of anilines is 3. The van der Waals surface area contributed by atoms with Gasteiger partial charge in [-0.15, -0.1) is 10.2 Å². The molecule has 0 amide bonds. The Morgan fingerprint density at radius 3 is 2.85 bits per heavy atom. The van der Waals surface area contributed by atoms with Crippen LogP contribution in [0.1, 0.15) is 25.1 Å². The van der Waals surface area contributed by atoms with E-state index in [0.717, 1.165) is 34.3 Å². The molecular formula is C17H19N9. The van der Waals surface area contributed by atoms with E-state index < -0.39 is 0 Å². The molecule has 0 fully saturated rings. The van der Waals surface area contributed by atoms with Gasteiger partial charge in [0, 0.05) is 11.1 Å². The molecule has 26 heavy (non-hydrogen) atoms. The van der Waals surface area contributed by atoms with Crippen molar-refractivity contribution in [1.82, 2.24) is 35.3 Å². The van der Waals surface area contributed by atoms with Crippen LogP contribution in [0.5, 0.6) is 0 Å². The lowest BCUT2D eigenvalue weighted by atomic mass is 10.2. The van der Waals surface area contributed by atoms with Crippen LogP contribution < -0.4 is 10.7 Å². The van der Waals surface area contributed by atoms with E-state index >= 15 is 0 Å². The summed E-state index contributed by atoms with van der Waals surface area (Å²) in [7, 11) is 0. The smallest absolute Gasteiger partial charge is 0.249 e. The molecule has 0 spiro atoms. The average Bonchev–Trinajstić information content (AvgIpc) is 3.30. The fourth-order valence-corrected chi connectivity index (χ4v) is 2.59. The molecule has 0 atom stereocenters. The van der Waals surface area contributed by atoms with Crippen molar-refractivity contribution in [2.75, 3.05) is 10.7 Å². The van der Waals surface area contributed by atoms with Gasteiger partial charge in [-0.1, -0.05) is 13.8 Å². The Morgan fingerprint density at radius 2 is 2.04 bits per heavy atom.